The third-order valence-electron chi connectivity index (χ3n) is 2.46. The van der Waals surface area contributed by atoms with Crippen molar-refractivity contribution in [3.05, 3.63) is 28.8 Å². The summed E-state index contributed by atoms with van der Waals surface area (Å²) in [6, 6.07) is 5.77. The van der Waals surface area contributed by atoms with Gasteiger partial charge in [0, 0.05) is 18.7 Å². The van der Waals surface area contributed by atoms with Crippen LogP contribution in [0.2, 0.25) is 5.02 Å². The van der Waals surface area contributed by atoms with Crippen LogP contribution >= 0.6 is 11.6 Å². The van der Waals surface area contributed by atoms with Crippen LogP contribution in [0.25, 0.3) is 0 Å². The Morgan fingerprint density at radius 3 is 2.82 bits per heavy atom. The first-order chi connectivity index (χ1) is 8.29. The molecule has 0 aromatic heterocycles. The number of benzene rings is 1. The first-order valence-corrected chi connectivity index (χ1v) is 6.33. The van der Waals surface area contributed by atoms with Crippen LogP contribution in [-0.2, 0) is 6.54 Å². The second-order valence-corrected chi connectivity index (χ2v) is 4.30. The molecule has 0 bridgehead atoms. The number of hydrogen-bond acceptors (Lipinski definition) is 3. The second-order valence-electron chi connectivity index (χ2n) is 3.89. The summed E-state index contributed by atoms with van der Waals surface area (Å²) in [5.41, 5.74) is 1.07. The molecule has 0 fully saturated rings. The zero-order chi connectivity index (χ0) is 12.5. The summed E-state index contributed by atoms with van der Waals surface area (Å²) in [6.07, 6.45) is 2.74. The molecule has 0 saturated carbocycles. The zero-order valence-electron chi connectivity index (χ0n) is 10.2. The summed E-state index contributed by atoms with van der Waals surface area (Å²) in [6.45, 7) is 1.63. The molecule has 0 aliphatic carbocycles. The second kappa shape index (κ2) is 8.34. The fourth-order valence-electron chi connectivity index (χ4n) is 1.61. The molecule has 3 nitrogen and oxygen atoms in total. The molecule has 0 radical (unpaired) electrons. The number of nitrogens with one attached hydrogen (secondary N) is 1. The number of hydrogen-bond donors (Lipinski definition) is 2. The molecule has 0 spiro atoms. The van der Waals surface area contributed by atoms with Gasteiger partial charge in [0.05, 0.1) is 11.6 Å². The van der Waals surface area contributed by atoms with E-state index in [1.165, 1.54) is 0 Å². The molecule has 96 valence electrons. The molecule has 4 heteroatoms. The molecular formula is C13H20ClNO2. The van der Waals surface area contributed by atoms with Gasteiger partial charge in [-0.15, -0.1) is 0 Å². The maximum absolute atomic E-state index is 8.67. The van der Waals surface area contributed by atoms with Crippen molar-refractivity contribution in [1.82, 2.24) is 5.32 Å². The van der Waals surface area contributed by atoms with Crippen LogP contribution in [0.3, 0.4) is 0 Å². The molecular weight excluding hydrogens is 238 g/mol. The number of rotatable bonds is 8. The molecule has 0 amide bonds. The van der Waals surface area contributed by atoms with E-state index in [1.54, 1.807) is 0 Å². The predicted octanol–water partition coefficient (Wildman–Crippen LogP) is 2.60. The van der Waals surface area contributed by atoms with Gasteiger partial charge in [-0.1, -0.05) is 23.7 Å². The largest absolute Gasteiger partial charge is 0.492 e. The topological polar surface area (TPSA) is 41.5 Å². The Morgan fingerprint density at radius 2 is 2.12 bits per heavy atom. The van der Waals surface area contributed by atoms with Crippen LogP contribution in [0, 0.1) is 0 Å². The lowest BCUT2D eigenvalue weighted by atomic mass is 10.2. The van der Waals surface area contributed by atoms with Gasteiger partial charge in [-0.3, -0.25) is 0 Å². The summed E-state index contributed by atoms with van der Waals surface area (Å²) in [7, 11) is 1.89. The minimum atomic E-state index is 0.247. The average molecular weight is 258 g/mol. The van der Waals surface area contributed by atoms with Crippen molar-refractivity contribution in [2.75, 3.05) is 20.3 Å². The Labute approximate surface area is 108 Å². The van der Waals surface area contributed by atoms with Crippen molar-refractivity contribution in [3.8, 4) is 5.75 Å². The van der Waals surface area contributed by atoms with Gasteiger partial charge in [0.2, 0.25) is 0 Å². The fraction of sp³-hybridized carbons (Fsp3) is 0.538. The van der Waals surface area contributed by atoms with Gasteiger partial charge < -0.3 is 15.2 Å². The van der Waals surface area contributed by atoms with E-state index in [1.807, 2.05) is 25.2 Å². The van der Waals surface area contributed by atoms with Crippen molar-refractivity contribution >= 4 is 11.6 Å². The van der Waals surface area contributed by atoms with Crippen LogP contribution in [0.5, 0.6) is 5.75 Å². The van der Waals surface area contributed by atoms with Gasteiger partial charge in [-0.25, -0.2) is 0 Å². The predicted molar refractivity (Wildman–Crippen MR) is 70.6 cm³/mol. The summed E-state index contributed by atoms with van der Waals surface area (Å²) in [5, 5.41) is 12.4. The minimum absolute atomic E-state index is 0.247. The Hall–Kier alpha value is -0.770. The first kappa shape index (κ1) is 14.3. The summed E-state index contributed by atoms with van der Waals surface area (Å²) < 4.78 is 5.71. The van der Waals surface area contributed by atoms with Gasteiger partial charge in [0.15, 0.2) is 0 Å². The van der Waals surface area contributed by atoms with Crippen LogP contribution < -0.4 is 10.1 Å². The molecule has 0 atom stereocenters. The highest BCUT2D eigenvalue weighted by atomic mass is 35.5. The Kier molecular flexibility index (Phi) is 7.01. The summed E-state index contributed by atoms with van der Waals surface area (Å²) in [4.78, 5) is 0. The Morgan fingerprint density at radius 1 is 1.29 bits per heavy atom. The van der Waals surface area contributed by atoms with E-state index in [0.717, 1.165) is 37.1 Å². The highest BCUT2D eigenvalue weighted by molar-refractivity contribution is 6.32. The van der Waals surface area contributed by atoms with Crippen molar-refractivity contribution in [3.63, 3.8) is 0 Å². The molecule has 0 aliphatic rings. The Balaban J connectivity index is 2.50. The maximum Gasteiger partial charge on any atom is 0.142 e. The van der Waals surface area contributed by atoms with Crippen molar-refractivity contribution in [2.45, 2.75) is 25.8 Å². The first-order valence-electron chi connectivity index (χ1n) is 5.95. The lowest BCUT2D eigenvalue weighted by Crippen LogP contribution is -2.08. The number of aliphatic hydroxyl groups is 1. The van der Waals surface area contributed by atoms with Crippen LogP contribution in [0.4, 0.5) is 0 Å². The van der Waals surface area contributed by atoms with Crippen molar-refractivity contribution < 1.29 is 9.84 Å². The molecule has 0 heterocycles. The number of unbranched alkanes of at least 4 members (excludes halogenated alkanes) is 2. The van der Waals surface area contributed by atoms with Gasteiger partial charge in [0.1, 0.15) is 5.75 Å². The fourth-order valence-corrected chi connectivity index (χ4v) is 1.86. The van der Waals surface area contributed by atoms with E-state index >= 15 is 0 Å². The third kappa shape index (κ3) is 4.94. The van der Waals surface area contributed by atoms with E-state index < -0.39 is 0 Å². The van der Waals surface area contributed by atoms with Crippen molar-refractivity contribution in [1.29, 1.82) is 0 Å². The molecule has 0 aliphatic heterocycles. The number of para-hydroxylation sites is 1. The highest BCUT2D eigenvalue weighted by Crippen LogP contribution is 2.28. The molecule has 1 rings (SSSR count). The maximum atomic E-state index is 8.67. The van der Waals surface area contributed by atoms with E-state index in [0.29, 0.717) is 11.6 Å². The van der Waals surface area contributed by atoms with E-state index in [4.69, 9.17) is 21.4 Å². The molecule has 17 heavy (non-hydrogen) atoms. The molecule has 1 aromatic carbocycles. The lowest BCUT2D eigenvalue weighted by Gasteiger charge is -2.12. The van der Waals surface area contributed by atoms with E-state index in [2.05, 4.69) is 5.32 Å². The van der Waals surface area contributed by atoms with Gasteiger partial charge in [-0.2, -0.15) is 0 Å². The normalized spacial score (nSPS) is 10.5. The highest BCUT2D eigenvalue weighted by Gasteiger charge is 2.07. The van der Waals surface area contributed by atoms with Crippen LogP contribution in [0.15, 0.2) is 18.2 Å². The quantitative estimate of drug-likeness (QED) is 0.704. The van der Waals surface area contributed by atoms with E-state index in [-0.39, 0.29) is 6.61 Å². The van der Waals surface area contributed by atoms with Crippen LogP contribution in [0.1, 0.15) is 24.8 Å². The summed E-state index contributed by atoms with van der Waals surface area (Å²) in [5.74, 6) is 0.771. The third-order valence-corrected chi connectivity index (χ3v) is 2.76. The molecule has 0 saturated heterocycles. The van der Waals surface area contributed by atoms with Gasteiger partial charge in [0.25, 0.3) is 0 Å². The summed E-state index contributed by atoms with van der Waals surface area (Å²) >= 11 is 6.11. The SMILES string of the molecule is CNCc1cccc(Cl)c1OCCCCCO. The zero-order valence-corrected chi connectivity index (χ0v) is 11.0. The van der Waals surface area contributed by atoms with Crippen molar-refractivity contribution in [2.24, 2.45) is 0 Å². The standard InChI is InChI=1S/C13H20ClNO2/c1-15-10-11-6-5-7-12(14)13(11)17-9-4-2-3-8-16/h5-7,15-16H,2-4,8-10H2,1H3. The number of halogens is 1. The molecule has 1 aromatic rings. The lowest BCUT2D eigenvalue weighted by molar-refractivity contribution is 0.265. The van der Waals surface area contributed by atoms with Gasteiger partial charge in [-0.05, 0) is 32.4 Å². The van der Waals surface area contributed by atoms with E-state index in [9.17, 15) is 0 Å². The number of ether oxygens (including phenoxy) is 1. The number of aliphatic hydroxyl groups excluding tert-OH is 1. The minimum Gasteiger partial charge on any atom is -0.492 e. The Bertz CT molecular complexity index is 331. The monoisotopic (exact) mass is 257 g/mol. The van der Waals surface area contributed by atoms with Crippen LogP contribution in [-0.4, -0.2) is 25.4 Å². The average Bonchev–Trinajstić information content (AvgIpc) is 2.32. The van der Waals surface area contributed by atoms with Gasteiger partial charge >= 0.3 is 0 Å². The smallest absolute Gasteiger partial charge is 0.142 e. The molecule has 0 unspecified atom stereocenters. The molecule has 2 N–H and O–H groups in total.